The average molecular weight is 902 g/mol. The maximum Gasteiger partial charge on any atom is 0.306 e. The van der Waals surface area contributed by atoms with Crippen molar-refractivity contribution in [3.05, 3.63) is 85.1 Å². The van der Waals surface area contributed by atoms with E-state index in [1.807, 2.05) is 33.3 Å². The summed E-state index contributed by atoms with van der Waals surface area (Å²) in [6.45, 7) is 3.98. The number of quaternary nitrogens is 1. The van der Waals surface area contributed by atoms with Gasteiger partial charge in [-0.25, -0.2) is 0 Å². The van der Waals surface area contributed by atoms with Crippen LogP contribution in [0.1, 0.15) is 168 Å². The molecule has 1 rings (SSSR count). The zero-order valence-corrected chi connectivity index (χ0v) is 41.1. The molecule has 11 heteroatoms. The molecule has 0 aromatic carbocycles. The standard InChI is InChI=1S/C52H88NO9P/c1-6-8-10-11-12-13-14-15-16-17-18-19-20-21-25-28-31-34-38-42-51(54)58-46-48(47-60-63(56,57)59-45-44-53(3,4)5)61-52(55)43-39-35-32-29-26-23-22-24-27-30-33-37-41-50-49(62-50)40-36-9-7-2/h9,12-13,15-16,23-24,26-27,32-33,35-37,48-50H,6-8,10-11,14,17-22,25,28-31,34,38-47H2,1-5H3/b13-12-,16-15-,26-23-,27-24-,35-32-,36-9-,37-33-/t48-,49?,50?/m1/s1. The lowest BCUT2D eigenvalue weighted by molar-refractivity contribution is -0.870. The van der Waals surface area contributed by atoms with Crippen molar-refractivity contribution in [2.45, 2.75) is 186 Å². The first-order valence-electron chi connectivity index (χ1n) is 24.4. The van der Waals surface area contributed by atoms with Crippen molar-refractivity contribution in [2.24, 2.45) is 0 Å². The van der Waals surface area contributed by atoms with E-state index in [-0.39, 0.29) is 26.1 Å². The predicted octanol–water partition coefficient (Wildman–Crippen LogP) is 12.7. The van der Waals surface area contributed by atoms with Gasteiger partial charge in [0.2, 0.25) is 0 Å². The van der Waals surface area contributed by atoms with Gasteiger partial charge in [-0.1, -0.05) is 157 Å². The van der Waals surface area contributed by atoms with Crippen LogP contribution in [0.5, 0.6) is 0 Å². The third-order valence-corrected chi connectivity index (χ3v) is 11.3. The van der Waals surface area contributed by atoms with E-state index in [2.05, 4.69) is 86.8 Å². The van der Waals surface area contributed by atoms with Gasteiger partial charge in [0.05, 0.1) is 40.0 Å². The predicted molar refractivity (Wildman–Crippen MR) is 258 cm³/mol. The van der Waals surface area contributed by atoms with Crippen LogP contribution in [0.2, 0.25) is 0 Å². The van der Waals surface area contributed by atoms with E-state index < -0.39 is 32.5 Å². The number of nitrogens with zero attached hydrogens (tertiary/aromatic N) is 1. The molecule has 1 saturated heterocycles. The number of phosphoric acid groups is 1. The molecular weight excluding hydrogens is 814 g/mol. The van der Waals surface area contributed by atoms with E-state index in [1.54, 1.807) is 0 Å². The first kappa shape index (κ1) is 58.2. The lowest BCUT2D eigenvalue weighted by Crippen LogP contribution is -2.37. The number of rotatable bonds is 42. The monoisotopic (exact) mass is 902 g/mol. The number of unbranched alkanes of at least 4 members (excludes halogenated alkanes) is 12. The molecule has 3 unspecified atom stereocenters. The fraction of sp³-hybridized carbons (Fsp3) is 0.692. The Morgan fingerprint density at radius 2 is 1.08 bits per heavy atom. The zero-order chi connectivity index (χ0) is 46.1. The van der Waals surface area contributed by atoms with Gasteiger partial charge in [0.15, 0.2) is 6.10 Å². The summed E-state index contributed by atoms with van der Waals surface area (Å²) in [5.41, 5.74) is 0. The summed E-state index contributed by atoms with van der Waals surface area (Å²) in [6.07, 6.45) is 53.8. The topological polar surface area (TPSA) is 124 Å². The number of carbonyl (C=O) groups is 2. The van der Waals surface area contributed by atoms with Crippen LogP contribution in [0.15, 0.2) is 85.1 Å². The molecule has 0 saturated carbocycles. The summed E-state index contributed by atoms with van der Waals surface area (Å²) in [5, 5.41) is 0. The number of likely N-dealkylation sites (N-methyl/N-ethyl adjacent to an activating group) is 1. The van der Waals surface area contributed by atoms with E-state index in [0.29, 0.717) is 36.1 Å². The number of epoxide rings is 1. The summed E-state index contributed by atoms with van der Waals surface area (Å²) in [6, 6.07) is 0. The minimum atomic E-state index is -4.66. The van der Waals surface area contributed by atoms with Crippen LogP contribution >= 0.6 is 7.82 Å². The maximum absolute atomic E-state index is 12.7. The number of allylic oxidation sites excluding steroid dienone is 12. The van der Waals surface area contributed by atoms with Gasteiger partial charge in [0, 0.05) is 12.8 Å². The second-order valence-electron chi connectivity index (χ2n) is 17.5. The van der Waals surface area contributed by atoms with Crippen molar-refractivity contribution < 1.29 is 46.8 Å². The highest BCUT2D eigenvalue weighted by molar-refractivity contribution is 7.45. The minimum Gasteiger partial charge on any atom is -0.756 e. The lowest BCUT2D eigenvalue weighted by Gasteiger charge is -2.28. The minimum absolute atomic E-state index is 0.0514. The SMILES string of the molecule is CC/C=C\CC1OC1C/C=C\C/C=C\C/C=C\C/C=C\CCC(=O)O[C@H](COC(=O)CCCCCCCCCCC/C=C\C/C=C\CCCCC)COP(=O)([O-])OCC[N+](C)(C)C. The molecule has 10 nitrogen and oxygen atoms in total. The quantitative estimate of drug-likeness (QED) is 0.0147. The van der Waals surface area contributed by atoms with Crippen molar-refractivity contribution in [1.82, 2.24) is 0 Å². The molecule has 0 spiro atoms. The van der Waals surface area contributed by atoms with Crippen molar-refractivity contribution in [3.8, 4) is 0 Å². The Hall–Kier alpha value is -2.85. The largest absolute Gasteiger partial charge is 0.756 e. The molecule has 0 aromatic rings. The van der Waals surface area contributed by atoms with E-state index in [9.17, 15) is 19.0 Å². The van der Waals surface area contributed by atoms with Crippen LogP contribution in [-0.2, 0) is 37.4 Å². The lowest BCUT2D eigenvalue weighted by atomic mass is 10.1. The fourth-order valence-corrected chi connectivity index (χ4v) is 7.13. The number of hydrogen-bond acceptors (Lipinski definition) is 9. The molecule has 1 heterocycles. The molecule has 1 fully saturated rings. The van der Waals surface area contributed by atoms with Crippen LogP contribution in [0, 0.1) is 0 Å². The van der Waals surface area contributed by atoms with Gasteiger partial charge < -0.3 is 32.6 Å². The first-order valence-corrected chi connectivity index (χ1v) is 25.9. The normalized spacial score (nSPS) is 17.4. The third-order valence-electron chi connectivity index (χ3n) is 10.3. The number of hydrogen-bond donors (Lipinski definition) is 0. The molecule has 0 aliphatic carbocycles. The number of carbonyl (C=O) groups excluding carboxylic acids is 2. The molecule has 63 heavy (non-hydrogen) atoms. The second-order valence-corrected chi connectivity index (χ2v) is 18.9. The molecule has 4 atom stereocenters. The van der Waals surface area contributed by atoms with Gasteiger partial charge in [-0.3, -0.25) is 14.2 Å². The Kier molecular flexibility index (Phi) is 36.5. The summed E-state index contributed by atoms with van der Waals surface area (Å²) in [5.74, 6) is -0.947. The van der Waals surface area contributed by atoms with Crippen LogP contribution in [0.4, 0.5) is 0 Å². The summed E-state index contributed by atoms with van der Waals surface area (Å²) < 4.78 is 39.6. The van der Waals surface area contributed by atoms with Gasteiger partial charge in [0.1, 0.15) is 19.8 Å². The average Bonchev–Trinajstić information content (AvgIpc) is 3.99. The highest BCUT2D eigenvalue weighted by Gasteiger charge is 2.36. The maximum atomic E-state index is 12.7. The van der Waals surface area contributed by atoms with Gasteiger partial charge >= 0.3 is 11.9 Å². The van der Waals surface area contributed by atoms with E-state index >= 15 is 0 Å². The van der Waals surface area contributed by atoms with E-state index in [4.69, 9.17) is 23.3 Å². The van der Waals surface area contributed by atoms with Gasteiger partial charge in [-0.05, 0) is 83.5 Å². The highest BCUT2D eigenvalue weighted by Crippen LogP contribution is 2.38. The number of ether oxygens (including phenoxy) is 3. The molecule has 0 amide bonds. The highest BCUT2D eigenvalue weighted by atomic mass is 31.2. The molecule has 0 radical (unpaired) electrons. The second kappa shape index (κ2) is 39.5. The van der Waals surface area contributed by atoms with Crippen molar-refractivity contribution in [2.75, 3.05) is 47.5 Å². The van der Waals surface area contributed by atoms with Crippen molar-refractivity contribution in [3.63, 3.8) is 0 Å². The van der Waals surface area contributed by atoms with Gasteiger partial charge in [-0.2, -0.15) is 0 Å². The van der Waals surface area contributed by atoms with E-state index in [1.165, 1.54) is 57.8 Å². The van der Waals surface area contributed by atoms with Crippen molar-refractivity contribution in [1.29, 1.82) is 0 Å². The number of esters is 2. The Morgan fingerprint density at radius 3 is 1.63 bits per heavy atom. The number of phosphoric ester groups is 1. The molecule has 0 bridgehead atoms. The Labute approximate surface area is 384 Å². The molecule has 0 aromatic heterocycles. The van der Waals surface area contributed by atoms with E-state index in [0.717, 1.165) is 70.6 Å². The smallest absolute Gasteiger partial charge is 0.306 e. The first-order chi connectivity index (χ1) is 30.5. The third kappa shape index (κ3) is 40.4. The Bertz CT molecular complexity index is 1410. The molecular formula is C52H88NO9P. The summed E-state index contributed by atoms with van der Waals surface area (Å²) in [4.78, 5) is 37.6. The molecule has 1 aliphatic rings. The Balaban J connectivity index is 2.29. The van der Waals surface area contributed by atoms with Crippen LogP contribution < -0.4 is 4.89 Å². The summed E-state index contributed by atoms with van der Waals surface area (Å²) >= 11 is 0. The van der Waals surface area contributed by atoms with Crippen LogP contribution in [0.3, 0.4) is 0 Å². The molecule has 360 valence electrons. The van der Waals surface area contributed by atoms with Gasteiger partial charge in [-0.15, -0.1) is 0 Å². The van der Waals surface area contributed by atoms with Crippen LogP contribution in [-0.4, -0.2) is 82.2 Å². The fourth-order valence-electron chi connectivity index (χ4n) is 6.40. The Morgan fingerprint density at radius 1 is 0.587 bits per heavy atom. The zero-order valence-electron chi connectivity index (χ0n) is 40.2. The molecule has 0 N–H and O–H groups in total. The van der Waals surface area contributed by atoms with Crippen LogP contribution in [0.25, 0.3) is 0 Å². The molecule has 1 aliphatic heterocycles. The van der Waals surface area contributed by atoms with Crippen molar-refractivity contribution >= 4 is 19.8 Å². The summed E-state index contributed by atoms with van der Waals surface area (Å²) in [7, 11) is 1.10. The van der Waals surface area contributed by atoms with Gasteiger partial charge in [0.25, 0.3) is 7.82 Å².